The number of halogens is 1. The van der Waals surface area contributed by atoms with Gasteiger partial charge in [-0.2, -0.15) is 0 Å². The Morgan fingerprint density at radius 2 is 2.10 bits per heavy atom. The Hall–Kier alpha value is -2.82. The number of hydrogen-bond acceptors (Lipinski definition) is 2. The number of anilines is 1. The molecule has 0 saturated carbocycles. The van der Waals surface area contributed by atoms with Crippen molar-refractivity contribution in [2.45, 2.75) is 0 Å². The van der Waals surface area contributed by atoms with Crippen LogP contribution in [0.1, 0.15) is 10.4 Å². The summed E-state index contributed by atoms with van der Waals surface area (Å²) in [7, 11) is 1.56. The Kier molecular flexibility index (Phi) is 3.31. The van der Waals surface area contributed by atoms with E-state index in [-0.39, 0.29) is 11.7 Å². The van der Waals surface area contributed by atoms with E-state index in [1.807, 2.05) is 0 Å². The van der Waals surface area contributed by atoms with E-state index in [0.717, 1.165) is 0 Å². The minimum absolute atomic E-state index is 0.263. The third-order valence-corrected chi connectivity index (χ3v) is 3.22. The summed E-state index contributed by atoms with van der Waals surface area (Å²) in [5.41, 5.74) is 1.69. The molecule has 0 aliphatic rings. The fourth-order valence-corrected chi connectivity index (χ4v) is 2.19. The number of ether oxygens (including phenoxy) is 1. The van der Waals surface area contributed by atoms with Gasteiger partial charge in [-0.3, -0.25) is 4.79 Å². The lowest BCUT2D eigenvalue weighted by molar-refractivity contribution is 0.102. The molecule has 3 rings (SSSR count). The number of aromatic nitrogens is 1. The zero-order valence-electron chi connectivity index (χ0n) is 11.3. The van der Waals surface area contributed by atoms with Crippen molar-refractivity contribution in [3.8, 4) is 5.75 Å². The van der Waals surface area contributed by atoms with Crippen LogP contribution in [0.5, 0.6) is 5.75 Å². The molecule has 2 N–H and O–H groups in total. The molecule has 21 heavy (non-hydrogen) atoms. The van der Waals surface area contributed by atoms with Crippen molar-refractivity contribution in [3.63, 3.8) is 0 Å². The molecule has 0 spiro atoms. The Morgan fingerprint density at radius 1 is 1.24 bits per heavy atom. The van der Waals surface area contributed by atoms with Gasteiger partial charge in [0, 0.05) is 28.9 Å². The molecule has 1 aromatic heterocycles. The molecule has 0 radical (unpaired) electrons. The Labute approximate surface area is 120 Å². The Bertz CT molecular complexity index is 811. The molecule has 0 fully saturated rings. The number of amides is 1. The van der Waals surface area contributed by atoms with Crippen molar-refractivity contribution in [2.75, 3.05) is 12.4 Å². The highest BCUT2D eigenvalue weighted by molar-refractivity contribution is 6.12. The fourth-order valence-electron chi connectivity index (χ4n) is 2.19. The number of fused-ring (bicyclic) bond motifs is 1. The minimum Gasteiger partial charge on any atom is -0.497 e. The molecule has 3 aromatic rings. The highest BCUT2D eigenvalue weighted by Gasteiger charge is 2.12. The second-order valence-corrected chi connectivity index (χ2v) is 4.58. The lowest BCUT2D eigenvalue weighted by Gasteiger charge is -2.06. The van der Waals surface area contributed by atoms with E-state index in [1.165, 1.54) is 12.1 Å². The smallest absolute Gasteiger partial charge is 0.257 e. The molecule has 4 nitrogen and oxygen atoms in total. The van der Waals surface area contributed by atoms with Crippen molar-refractivity contribution in [1.29, 1.82) is 0 Å². The second-order valence-electron chi connectivity index (χ2n) is 4.58. The van der Waals surface area contributed by atoms with Gasteiger partial charge in [0.15, 0.2) is 0 Å². The van der Waals surface area contributed by atoms with E-state index >= 15 is 0 Å². The van der Waals surface area contributed by atoms with Crippen molar-refractivity contribution in [2.24, 2.45) is 0 Å². The predicted molar refractivity (Wildman–Crippen MR) is 79.2 cm³/mol. The molecule has 1 heterocycles. The van der Waals surface area contributed by atoms with Crippen LogP contribution in [0.15, 0.2) is 48.7 Å². The van der Waals surface area contributed by atoms with Crippen LogP contribution in [0.4, 0.5) is 10.1 Å². The van der Waals surface area contributed by atoms with Crippen LogP contribution in [0.25, 0.3) is 10.9 Å². The number of nitrogens with one attached hydrogen (secondary N) is 2. The van der Waals surface area contributed by atoms with Crippen LogP contribution in [-0.4, -0.2) is 18.0 Å². The van der Waals surface area contributed by atoms with Gasteiger partial charge in [-0.15, -0.1) is 0 Å². The van der Waals surface area contributed by atoms with Gasteiger partial charge < -0.3 is 15.0 Å². The number of aromatic amines is 1. The van der Waals surface area contributed by atoms with Gasteiger partial charge in [0.1, 0.15) is 11.6 Å². The first-order valence-corrected chi connectivity index (χ1v) is 6.39. The minimum atomic E-state index is -0.343. The van der Waals surface area contributed by atoms with Gasteiger partial charge in [0.05, 0.1) is 12.7 Å². The molecule has 5 heteroatoms. The number of carbonyl (C=O) groups excluding carboxylic acids is 1. The van der Waals surface area contributed by atoms with Crippen molar-refractivity contribution in [1.82, 2.24) is 4.98 Å². The maximum atomic E-state index is 13.1. The lowest BCUT2D eigenvalue weighted by Crippen LogP contribution is -2.11. The van der Waals surface area contributed by atoms with E-state index in [4.69, 9.17) is 4.74 Å². The molecular weight excluding hydrogens is 271 g/mol. The van der Waals surface area contributed by atoms with E-state index < -0.39 is 0 Å². The summed E-state index contributed by atoms with van der Waals surface area (Å²) in [6.07, 6.45) is 1.57. The Morgan fingerprint density at radius 3 is 2.90 bits per heavy atom. The monoisotopic (exact) mass is 284 g/mol. The third kappa shape index (κ3) is 2.58. The van der Waals surface area contributed by atoms with E-state index in [2.05, 4.69) is 10.3 Å². The number of benzene rings is 2. The summed E-state index contributed by atoms with van der Waals surface area (Å²) in [6, 6.07) is 11.4. The lowest BCUT2D eigenvalue weighted by atomic mass is 10.1. The number of rotatable bonds is 3. The quantitative estimate of drug-likeness (QED) is 0.772. The average molecular weight is 284 g/mol. The molecule has 0 saturated heterocycles. The summed E-state index contributed by atoms with van der Waals surface area (Å²) < 4.78 is 18.3. The SMILES string of the molecule is COc1cccc(NC(=O)c2c[nH]c3cc(F)ccc23)c1. The number of carbonyl (C=O) groups is 1. The van der Waals surface area contributed by atoms with Crippen LogP contribution in [0.3, 0.4) is 0 Å². The summed E-state index contributed by atoms with van der Waals surface area (Å²) in [6.45, 7) is 0. The molecule has 2 aromatic carbocycles. The molecule has 106 valence electrons. The molecule has 1 amide bonds. The highest BCUT2D eigenvalue weighted by Crippen LogP contribution is 2.22. The maximum absolute atomic E-state index is 13.1. The van der Waals surface area contributed by atoms with Crippen LogP contribution in [0, 0.1) is 5.82 Å². The first kappa shape index (κ1) is 13.2. The van der Waals surface area contributed by atoms with Gasteiger partial charge in [-0.05, 0) is 30.3 Å². The molecule has 0 aliphatic carbocycles. The number of hydrogen-bond donors (Lipinski definition) is 2. The normalized spacial score (nSPS) is 10.6. The summed E-state index contributed by atoms with van der Waals surface area (Å²) in [5, 5.41) is 3.47. The topological polar surface area (TPSA) is 54.1 Å². The standard InChI is InChI=1S/C16H13FN2O2/c1-21-12-4-2-3-11(8-12)19-16(20)14-9-18-15-7-10(17)5-6-13(14)15/h2-9,18H,1H3,(H,19,20). The molecule has 0 atom stereocenters. The van der Waals surface area contributed by atoms with Gasteiger partial charge in [0.25, 0.3) is 5.91 Å². The van der Waals surface area contributed by atoms with Crippen LogP contribution in [0.2, 0.25) is 0 Å². The van der Waals surface area contributed by atoms with Crippen molar-refractivity contribution >= 4 is 22.5 Å². The zero-order valence-corrected chi connectivity index (χ0v) is 11.3. The van der Waals surface area contributed by atoms with E-state index in [9.17, 15) is 9.18 Å². The number of methoxy groups -OCH3 is 1. The maximum Gasteiger partial charge on any atom is 0.257 e. The largest absolute Gasteiger partial charge is 0.497 e. The fraction of sp³-hybridized carbons (Fsp3) is 0.0625. The number of H-pyrrole nitrogens is 1. The average Bonchev–Trinajstić information content (AvgIpc) is 2.90. The molecule has 0 unspecified atom stereocenters. The van der Waals surface area contributed by atoms with Gasteiger partial charge in [-0.25, -0.2) is 4.39 Å². The summed E-state index contributed by atoms with van der Waals surface area (Å²) >= 11 is 0. The van der Waals surface area contributed by atoms with Crippen molar-refractivity contribution in [3.05, 3.63) is 60.0 Å². The van der Waals surface area contributed by atoms with Gasteiger partial charge in [-0.1, -0.05) is 6.07 Å². The third-order valence-electron chi connectivity index (χ3n) is 3.22. The van der Waals surface area contributed by atoms with Gasteiger partial charge >= 0.3 is 0 Å². The van der Waals surface area contributed by atoms with E-state index in [1.54, 1.807) is 43.6 Å². The summed E-state index contributed by atoms with van der Waals surface area (Å²) in [5.74, 6) is 0.0546. The second kappa shape index (κ2) is 5.28. The van der Waals surface area contributed by atoms with Crippen LogP contribution in [-0.2, 0) is 0 Å². The predicted octanol–water partition coefficient (Wildman–Crippen LogP) is 3.57. The Balaban J connectivity index is 1.90. The molecule has 0 aliphatic heterocycles. The van der Waals surface area contributed by atoms with E-state index in [0.29, 0.717) is 27.9 Å². The van der Waals surface area contributed by atoms with Gasteiger partial charge in [0.2, 0.25) is 0 Å². The first-order chi connectivity index (χ1) is 10.2. The van der Waals surface area contributed by atoms with Crippen molar-refractivity contribution < 1.29 is 13.9 Å². The molecular formula is C16H13FN2O2. The first-order valence-electron chi connectivity index (χ1n) is 6.39. The highest BCUT2D eigenvalue weighted by atomic mass is 19.1. The summed E-state index contributed by atoms with van der Waals surface area (Å²) in [4.78, 5) is 15.2. The zero-order chi connectivity index (χ0) is 14.8. The molecule has 0 bridgehead atoms. The van der Waals surface area contributed by atoms with Crippen LogP contribution >= 0.6 is 0 Å². The van der Waals surface area contributed by atoms with Crippen LogP contribution < -0.4 is 10.1 Å².